The van der Waals surface area contributed by atoms with Crippen LogP contribution in [-0.4, -0.2) is 26.9 Å². The van der Waals surface area contributed by atoms with E-state index in [1.807, 2.05) is 20.8 Å². The highest BCUT2D eigenvalue weighted by atomic mass is 28.3. The Morgan fingerprint density at radius 3 is 1.95 bits per heavy atom. The fourth-order valence-corrected chi connectivity index (χ4v) is 2.67. The number of allylic oxidation sites excluding steroid dienone is 2. The van der Waals surface area contributed by atoms with Crippen LogP contribution in [0.1, 0.15) is 34.1 Å². The number of rotatable bonds is 6. The van der Waals surface area contributed by atoms with Gasteiger partial charge in [0.1, 0.15) is 0 Å². The van der Waals surface area contributed by atoms with Gasteiger partial charge in [0.2, 0.25) is 5.91 Å². The van der Waals surface area contributed by atoms with Gasteiger partial charge in [-0.3, -0.25) is 9.59 Å². The maximum atomic E-state index is 12.1. The van der Waals surface area contributed by atoms with Gasteiger partial charge in [-0.05, 0) is 6.04 Å². The van der Waals surface area contributed by atoms with Gasteiger partial charge >= 0.3 is 0 Å². The molecule has 0 aliphatic carbocycles. The first-order valence-electron chi connectivity index (χ1n) is 6.98. The largest absolute Gasteiger partial charge is 0.491 e. The van der Waals surface area contributed by atoms with E-state index in [1.54, 1.807) is 0 Å². The number of methoxy groups -OCH3 is 1. The normalized spacial score (nSPS) is 13.6. The maximum Gasteiger partial charge on any atom is 0.223 e. The van der Waals surface area contributed by atoms with Gasteiger partial charge < -0.3 is 10.1 Å². The summed E-state index contributed by atoms with van der Waals surface area (Å²) < 4.78 is 5.17. The third kappa shape index (κ3) is 6.89. The van der Waals surface area contributed by atoms with Crippen molar-refractivity contribution in [1.82, 2.24) is 5.32 Å². The van der Waals surface area contributed by atoms with Crippen LogP contribution in [0.5, 0.6) is 0 Å². The van der Waals surface area contributed by atoms with Crippen molar-refractivity contribution in [2.24, 2.45) is 5.41 Å². The number of amides is 1. The molecular weight excluding hydrogens is 270 g/mol. The second-order valence-electron chi connectivity index (χ2n) is 7.32. The van der Waals surface area contributed by atoms with E-state index >= 15 is 0 Å². The highest BCUT2D eigenvalue weighted by Gasteiger charge is 2.26. The van der Waals surface area contributed by atoms with Crippen molar-refractivity contribution in [3.05, 3.63) is 11.5 Å². The quantitative estimate of drug-likeness (QED) is 0.465. The van der Waals surface area contributed by atoms with Gasteiger partial charge in [-0.2, -0.15) is 0 Å². The summed E-state index contributed by atoms with van der Waals surface area (Å²) in [6, 6.07) is 0.929. The number of ketones is 1. The molecule has 0 unspecified atom stereocenters. The molecule has 0 aromatic carbocycles. The molecule has 0 aromatic heterocycles. The molecule has 0 heterocycles. The minimum absolute atomic E-state index is 0.0480. The van der Waals surface area contributed by atoms with Crippen molar-refractivity contribution < 1.29 is 14.3 Å². The molecule has 20 heavy (non-hydrogen) atoms. The molecule has 0 bridgehead atoms. The lowest BCUT2D eigenvalue weighted by Crippen LogP contribution is -2.34. The first kappa shape index (κ1) is 18.9. The van der Waals surface area contributed by atoms with Crippen molar-refractivity contribution >= 4 is 19.8 Å². The maximum absolute atomic E-state index is 12.1. The van der Waals surface area contributed by atoms with Gasteiger partial charge in [0.25, 0.3) is 0 Å². The predicted molar refractivity (Wildman–Crippen MR) is 85.1 cm³/mol. The summed E-state index contributed by atoms with van der Waals surface area (Å²) in [6.45, 7) is 14.0. The third-order valence-electron chi connectivity index (χ3n) is 2.87. The van der Waals surface area contributed by atoms with E-state index in [-0.39, 0.29) is 22.9 Å². The fraction of sp³-hybridized carbons (Fsp3) is 0.733. The van der Waals surface area contributed by atoms with E-state index in [2.05, 4.69) is 25.0 Å². The lowest BCUT2D eigenvalue weighted by atomic mass is 9.90. The average molecular weight is 299 g/mol. The Morgan fingerprint density at radius 1 is 1.15 bits per heavy atom. The van der Waals surface area contributed by atoms with Gasteiger partial charge in [0, 0.05) is 26.8 Å². The molecule has 0 saturated carbocycles. The Kier molecular flexibility index (Phi) is 6.67. The predicted octanol–water partition coefficient (Wildman–Crippen LogP) is 3.32. The number of carbonyl (C=O) groups excluding carboxylic acids is 2. The average Bonchev–Trinajstić information content (AvgIpc) is 2.23. The molecule has 0 fully saturated rings. The van der Waals surface area contributed by atoms with E-state index in [0.717, 1.165) is 6.04 Å². The lowest BCUT2D eigenvalue weighted by molar-refractivity contribution is -0.120. The molecule has 0 aromatic rings. The summed E-state index contributed by atoms with van der Waals surface area (Å²) in [4.78, 5) is 23.7. The number of carbonyl (C=O) groups is 2. The Morgan fingerprint density at radius 2 is 1.65 bits per heavy atom. The summed E-state index contributed by atoms with van der Waals surface area (Å²) >= 11 is 0. The zero-order valence-corrected chi connectivity index (χ0v) is 15.1. The molecule has 0 aliphatic heterocycles. The van der Waals surface area contributed by atoms with E-state index < -0.39 is 8.07 Å². The first-order chi connectivity index (χ1) is 8.88. The number of hydrogen-bond acceptors (Lipinski definition) is 3. The molecule has 0 spiro atoms. The van der Waals surface area contributed by atoms with Gasteiger partial charge in [-0.25, -0.2) is 0 Å². The standard InChI is InChI=1S/C15H29NO3Si/c1-11(17)13(19-5)14(15(2,3)4)16-12(18)9-10-20(6,7)8/h9-10H2,1-8H3,(H,16,18)/b14-13+. The monoisotopic (exact) mass is 299 g/mol. The molecular formula is C15H29NO3Si. The molecule has 0 radical (unpaired) electrons. The van der Waals surface area contributed by atoms with Gasteiger partial charge in [0.15, 0.2) is 11.5 Å². The summed E-state index contributed by atoms with van der Waals surface area (Å²) in [5.74, 6) is 0.00919. The van der Waals surface area contributed by atoms with E-state index in [4.69, 9.17) is 4.74 Å². The van der Waals surface area contributed by atoms with E-state index in [9.17, 15) is 9.59 Å². The highest BCUT2D eigenvalue weighted by Crippen LogP contribution is 2.27. The first-order valence-corrected chi connectivity index (χ1v) is 10.7. The Balaban J connectivity index is 5.13. The van der Waals surface area contributed by atoms with Crippen LogP contribution in [0, 0.1) is 5.41 Å². The van der Waals surface area contributed by atoms with Crippen molar-refractivity contribution in [1.29, 1.82) is 0 Å². The zero-order chi connectivity index (χ0) is 16.1. The Hall–Kier alpha value is -1.10. The van der Waals surface area contributed by atoms with Crippen LogP contribution in [-0.2, 0) is 14.3 Å². The second kappa shape index (κ2) is 7.06. The van der Waals surface area contributed by atoms with Gasteiger partial charge in [-0.15, -0.1) is 0 Å². The number of hydrogen-bond donors (Lipinski definition) is 1. The minimum atomic E-state index is -1.25. The van der Waals surface area contributed by atoms with Crippen LogP contribution in [0.15, 0.2) is 11.5 Å². The van der Waals surface area contributed by atoms with Crippen molar-refractivity contribution in [2.75, 3.05) is 7.11 Å². The number of Topliss-reactive ketones (excluding diaryl/α,β-unsaturated/α-hetero) is 1. The number of nitrogens with one attached hydrogen (secondary N) is 1. The number of ether oxygens (including phenoxy) is 1. The van der Waals surface area contributed by atoms with Crippen LogP contribution < -0.4 is 5.32 Å². The summed E-state index contributed by atoms with van der Waals surface area (Å²) in [7, 11) is 0.206. The van der Waals surface area contributed by atoms with Crippen molar-refractivity contribution in [3.8, 4) is 0 Å². The van der Waals surface area contributed by atoms with E-state index in [1.165, 1.54) is 14.0 Å². The zero-order valence-electron chi connectivity index (χ0n) is 14.1. The summed E-state index contributed by atoms with van der Waals surface area (Å²) in [5, 5.41) is 2.88. The molecule has 0 saturated heterocycles. The SMILES string of the molecule is CO/C(C(C)=O)=C(/NC(=O)CC[Si](C)(C)C)C(C)(C)C. The molecule has 1 amide bonds. The highest BCUT2D eigenvalue weighted by molar-refractivity contribution is 6.76. The van der Waals surface area contributed by atoms with Crippen LogP contribution >= 0.6 is 0 Å². The topological polar surface area (TPSA) is 55.4 Å². The molecule has 5 heteroatoms. The minimum Gasteiger partial charge on any atom is -0.491 e. The molecule has 4 nitrogen and oxygen atoms in total. The van der Waals surface area contributed by atoms with Crippen molar-refractivity contribution in [3.63, 3.8) is 0 Å². The molecule has 0 aliphatic rings. The molecule has 0 atom stereocenters. The van der Waals surface area contributed by atoms with Gasteiger partial charge in [-0.1, -0.05) is 40.4 Å². The van der Waals surface area contributed by atoms with Gasteiger partial charge in [0.05, 0.1) is 12.8 Å². The Bertz CT molecular complexity index is 400. The molecule has 0 rings (SSSR count). The van der Waals surface area contributed by atoms with Crippen LogP contribution in [0.3, 0.4) is 0 Å². The lowest BCUT2D eigenvalue weighted by Gasteiger charge is -2.26. The fourth-order valence-electron chi connectivity index (χ4n) is 1.70. The second-order valence-corrected chi connectivity index (χ2v) is 12.9. The third-order valence-corrected chi connectivity index (χ3v) is 4.62. The molecule has 116 valence electrons. The summed E-state index contributed by atoms with van der Waals surface area (Å²) in [6.07, 6.45) is 0.490. The van der Waals surface area contributed by atoms with Crippen LogP contribution in [0.25, 0.3) is 0 Å². The summed E-state index contributed by atoms with van der Waals surface area (Å²) in [5.41, 5.74) is 0.208. The van der Waals surface area contributed by atoms with E-state index in [0.29, 0.717) is 12.1 Å². The Labute approximate surface area is 124 Å². The van der Waals surface area contributed by atoms with Crippen molar-refractivity contribution in [2.45, 2.75) is 59.8 Å². The van der Waals surface area contributed by atoms with Crippen LogP contribution in [0.4, 0.5) is 0 Å². The van der Waals surface area contributed by atoms with Crippen LogP contribution in [0.2, 0.25) is 25.7 Å². The smallest absolute Gasteiger partial charge is 0.223 e. The molecule has 1 N–H and O–H groups in total.